The molecule has 4 aromatic carbocycles. The van der Waals surface area contributed by atoms with Crippen LogP contribution < -0.4 is 9.80 Å². The van der Waals surface area contributed by atoms with Crippen LogP contribution in [0.2, 0.25) is 0 Å². The minimum absolute atomic E-state index is 0.280. The maximum atomic E-state index is 12.8. The van der Waals surface area contributed by atoms with Crippen LogP contribution in [0, 0.1) is 4.91 Å². The summed E-state index contributed by atoms with van der Waals surface area (Å²) in [4.78, 5) is 33.2. The Morgan fingerprint density at radius 3 is 1.18 bits per heavy atom. The van der Waals surface area contributed by atoms with E-state index in [1.165, 1.54) is 19.6 Å². The quantitative estimate of drug-likeness (QED) is 0.209. The third-order valence-corrected chi connectivity index (χ3v) is 8.74. The number of fused-ring (bicyclic) bond motifs is 4. The van der Waals surface area contributed by atoms with Crippen LogP contribution in [-0.4, -0.2) is 30.4 Å². The molecule has 0 aliphatic carbocycles. The number of benzene rings is 4. The predicted molar refractivity (Wildman–Crippen MR) is 153 cm³/mol. The molecule has 0 spiro atoms. The van der Waals surface area contributed by atoms with Crippen LogP contribution in [-0.2, 0) is 9.68 Å². The summed E-state index contributed by atoms with van der Waals surface area (Å²) in [5.74, 6) is 0. The molecular formula is C30H28N3O3S2+. The zero-order valence-corrected chi connectivity index (χ0v) is 22.8. The number of hydrogen-bond acceptors (Lipinski definition) is 7. The fraction of sp³-hybridized carbons (Fsp3) is 0.200. The molecule has 0 saturated carbocycles. The SMILES string of the molecule is CC(CN1c2ccccc2Sc2ccccc21)O[N+](=O)OC(C)CN1c2ccccc2Sc2ccccc21. The highest BCUT2D eigenvalue weighted by molar-refractivity contribution is 8.00. The Labute approximate surface area is 231 Å². The Bertz CT molecular complexity index is 1280. The molecule has 0 fully saturated rings. The second-order valence-electron chi connectivity index (χ2n) is 9.35. The first-order chi connectivity index (χ1) is 18.6. The molecule has 2 heterocycles. The molecule has 0 radical (unpaired) electrons. The van der Waals surface area contributed by atoms with Gasteiger partial charge in [-0.2, -0.15) is 9.68 Å². The maximum absolute atomic E-state index is 12.8. The van der Waals surface area contributed by atoms with E-state index in [2.05, 4.69) is 58.3 Å². The van der Waals surface area contributed by atoms with E-state index in [1.54, 1.807) is 23.5 Å². The standard InChI is InChI=1S/C30H28N3O3S2/c1-21(19-31-23-11-3-7-15-27(23)37-28-16-8-4-12-24(28)31)35-33(34)36-22(2)20-32-25-13-5-9-17-29(25)38-30-18-10-6-14-26(30)32/h3-18,21-22H,19-20H2,1-2H3/q+1. The summed E-state index contributed by atoms with van der Waals surface area (Å²) in [5, 5.41) is 0.280. The molecule has 0 saturated heterocycles. The maximum Gasteiger partial charge on any atom is 0.478 e. The summed E-state index contributed by atoms with van der Waals surface area (Å²) in [5.41, 5.74) is 4.44. The van der Waals surface area contributed by atoms with Gasteiger partial charge in [-0.1, -0.05) is 72.1 Å². The van der Waals surface area contributed by atoms with Crippen molar-refractivity contribution in [2.24, 2.45) is 0 Å². The van der Waals surface area contributed by atoms with E-state index in [0.29, 0.717) is 13.1 Å². The van der Waals surface area contributed by atoms with Gasteiger partial charge in [0.25, 0.3) is 0 Å². The van der Waals surface area contributed by atoms with Gasteiger partial charge in [-0.05, 0) is 62.4 Å². The molecule has 192 valence electrons. The van der Waals surface area contributed by atoms with Gasteiger partial charge < -0.3 is 9.80 Å². The Balaban J connectivity index is 1.12. The van der Waals surface area contributed by atoms with E-state index in [-0.39, 0.29) is 5.09 Å². The summed E-state index contributed by atoms with van der Waals surface area (Å²) in [7, 11) is 0. The molecule has 2 unspecified atom stereocenters. The molecule has 6 rings (SSSR count). The van der Waals surface area contributed by atoms with Crippen LogP contribution in [0.25, 0.3) is 0 Å². The molecule has 0 N–H and O–H groups in total. The average molecular weight is 543 g/mol. The van der Waals surface area contributed by atoms with Gasteiger partial charge in [0.15, 0.2) is 12.2 Å². The number of para-hydroxylation sites is 4. The normalized spacial score (nSPS) is 14.9. The van der Waals surface area contributed by atoms with Gasteiger partial charge >= 0.3 is 5.09 Å². The van der Waals surface area contributed by atoms with Gasteiger partial charge in [0.1, 0.15) is 4.91 Å². The smallest absolute Gasteiger partial charge is 0.336 e. The molecule has 38 heavy (non-hydrogen) atoms. The van der Waals surface area contributed by atoms with Gasteiger partial charge in [-0.15, -0.1) is 0 Å². The first-order valence-electron chi connectivity index (χ1n) is 12.6. The Morgan fingerprint density at radius 1 is 0.579 bits per heavy atom. The van der Waals surface area contributed by atoms with Crippen molar-refractivity contribution < 1.29 is 14.8 Å². The van der Waals surface area contributed by atoms with Crippen molar-refractivity contribution in [3.8, 4) is 0 Å². The fourth-order valence-electron chi connectivity index (χ4n) is 4.86. The molecule has 6 nitrogen and oxygen atoms in total. The molecule has 2 atom stereocenters. The lowest BCUT2D eigenvalue weighted by molar-refractivity contribution is -0.991. The van der Waals surface area contributed by atoms with Crippen LogP contribution in [0.4, 0.5) is 22.7 Å². The van der Waals surface area contributed by atoms with Gasteiger partial charge in [-0.25, -0.2) is 0 Å². The predicted octanol–water partition coefficient (Wildman–Crippen LogP) is 8.01. The molecule has 2 aliphatic rings. The first-order valence-corrected chi connectivity index (χ1v) is 14.3. The summed E-state index contributed by atoms with van der Waals surface area (Å²) in [6, 6.07) is 33.2. The topological polar surface area (TPSA) is 45.0 Å². The van der Waals surface area contributed by atoms with Crippen LogP contribution >= 0.6 is 23.5 Å². The van der Waals surface area contributed by atoms with Gasteiger partial charge in [0, 0.05) is 19.6 Å². The molecule has 8 heteroatoms. The highest BCUT2D eigenvalue weighted by Crippen LogP contribution is 2.49. The van der Waals surface area contributed by atoms with Crippen LogP contribution in [0.5, 0.6) is 0 Å². The van der Waals surface area contributed by atoms with Crippen molar-refractivity contribution in [1.82, 2.24) is 0 Å². The zero-order valence-electron chi connectivity index (χ0n) is 21.2. The summed E-state index contributed by atoms with van der Waals surface area (Å²) < 4.78 is 0. The highest BCUT2D eigenvalue weighted by Gasteiger charge is 2.31. The third-order valence-electron chi connectivity index (χ3n) is 6.48. The van der Waals surface area contributed by atoms with E-state index < -0.39 is 12.2 Å². The first kappa shape index (κ1) is 24.7. The average Bonchev–Trinajstić information content (AvgIpc) is 2.92. The van der Waals surface area contributed by atoms with E-state index in [0.717, 1.165) is 22.7 Å². The van der Waals surface area contributed by atoms with Gasteiger partial charge in [0.2, 0.25) is 0 Å². The van der Waals surface area contributed by atoms with Crippen LogP contribution in [0.1, 0.15) is 13.8 Å². The van der Waals surface area contributed by atoms with Gasteiger partial charge in [-0.3, -0.25) is 0 Å². The van der Waals surface area contributed by atoms with Crippen molar-refractivity contribution in [2.75, 3.05) is 22.9 Å². The van der Waals surface area contributed by atoms with Crippen molar-refractivity contribution in [2.45, 2.75) is 45.6 Å². The highest BCUT2D eigenvalue weighted by atomic mass is 32.2. The minimum Gasteiger partial charge on any atom is -0.336 e. The Morgan fingerprint density at radius 2 is 0.868 bits per heavy atom. The monoisotopic (exact) mass is 542 g/mol. The molecular weight excluding hydrogens is 514 g/mol. The number of anilines is 4. The number of rotatable bonds is 8. The van der Waals surface area contributed by atoms with E-state index in [4.69, 9.17) is 9.68 Å². The molecule has 0 amide bonds. The lowest BCUT2D eigenvalue weighted by Crippen LogP contribution is -2.36. The largest absolute Gasteiger partial charge is 0.478 e. The van der Waals surface area contributed by atoms with E-state index in [9.17, 15) is 4.91 Å². The Hall–Kier alpha value is -3.62. The van der Waals surface area contributed by atoms with Crippen molar-refractivity contribution in [1.29, 1.82) is 0 Å². The van der Waals surface area contributed by atoms with Crippen molar-refractivity contribution in [3.05, 3.63) is 102 Å². The second-order valence-corrected chi connectivity index (χ2v) is 11.5. The fourth-order valence-corrected chi connectivity index (χ4v) is 7.05. The molecule has 0 aromatic heterocycles. The number of nitrogens with zero attached hydrogens (tertiary/aromatic N) is 3. The van der Waals surface area contributed by atoms with Crippen LogP contribution in [0.15, 0.2) is 117 Å². The third kappa shape index (κ3) is 4.93. The lowest BCUT2D eigenvalue weighted by Gasteiger charge is -2.33. The molecule has 4 aromatic rings. The lowest BCUT2D eigenvalue weighted by atomic mass is 10.2. The molecule has 0 bridgehead atoms. The second kappa shape index (κ2) is 10.6. The van der Waals surface area contributed by atoms with E-state index in [1.807, 2.05) is 62.4 Å². The summed E-state index contributed by atoms with van der Waals surface area (Å²) >= 11 is 3.51. The van der Waals surface area contributed by atoms with Crippen molar-refractivity contribution >= 4 is 46.3 Å². The molecule has 2 aliphatic heterocycles. The Kier molecular flexibility index (Phi) is 6.91. The summed E-state index contributed by atoms with van der Waals surface area (Å²) in [6.45, 7) is 4.80. The van der Waals surface area contributed by atoms with Crippen molar-refractivity contribution in [3.63, 3.8) is 0 Å². The zero-order chi connectivity index (χ0) is 26.1. The van der Waals surface area contributed by atoms with Gasteiger partial charge in [0.05, 0.1) is 35.8 Å². The van der Waals surface area contributed by atoms with E-state index >= 15 is 0 Å². The van der Waals surface area contributed by atoms with Crippen LogP contribution in [0.3, 0.4) is 0 Å². The summed E-state index contributed by atoms with van der Waals surface area (Å²) in [6.07, 6.45) is -0.812. The number of hydrogen-bond donors (Lipinski definition) is 0. The minimum atomic E-state index is -0.406.